The molecule has 0 N–H and O–H groups in total. The van der Waals surface area contributed by atoms with E-state index in [9.17, 15) is 27.6 Å². The zero-order chi connectivity index (χ0) is 33.1. The Morgan fingerprint density at radius 3 is 2.26 bits per heavy atom. The van der Waals surface area contributed by atoms with Gasteiger partial charge in [0.25, 0.3) is 5.91 Å². The minimum absolute atomic E-state index is 0.0227. The van der Waals surface area contributed by atoms with E-state index >= 15 is 0 Å². The van der Waals surface area contributed by atoms with Crippen LogP contribution in [0.25, 0.3) is 6.08 Å². The van der Waals surface area contributed by atoms with Crippen molar-refractivity contribution in [1.29, 1.82) is 0 Å². The summed E-state index contributed by atoms with van der Waals surface area (Å²) in [7, 11) is -4.45. The Kier molecular flexibility index (Phi) is 9.40. The van der Waals surface area contributed by atoms with Crippen LogP contribution in [0.3, 0.4) is 0 Å². The van der Waals surface area contributed by atoms with Crippen LogP contribution in [0.5, 0.6) is 0 Å². The van der Waals surface area contributed by atoms with E-state index in [2.05, 4.69) is 11.6 Å². The summed E-state index contributed by atoms with van der Waals surface area (Å²) in [5.74, 6) is -3.90. The topological polar surface area (TPSA) is 146 Å². The van der Waals surface area contributed by atoms with Gasteiger partial charge in [-0.2, -0.15) is 0 Å². The Morgan fingerprint density at radius 2 is 1.67 bits per heavy atom. The molecule has 5 rings (SSSR count). The smallest absolute Gasteiger partial charge is 0.338 e. The number of benzene rings is 2. The van der Waals surface area contributed by atoms with Gasteiger partial charge in [0.05, 0.1) is 16.8 Å². The lowest BCUT2D eigenvalue weighted by Gasteiger charge is -2.39. The number of aromatic nitrogens is 1. The van der Waals surface area contributed by atoms with Gasteiger partial charge in [0.15, 0.2) is 27.4 Å². The van der Waals surface area contributed by atoms with Crippen LogP contribution in [0.4, 0.5) is 0 Å². The molecule has 11 nitrogen and oxygen atoms in total. The van der Waals surface area contributed by atoms with Gasteiger partial charge in [-0.05, 0) is 36.3 Å². The maximum absolute atomic E-state index is 14.2. The van der Waals surface area contributed by atoms with E-state index in [-0.39, 0.29) is 23.4 Å². The van der Waals surface area contributed by atoms with Crippen LogP contribution >= 0.6 is 11.6 Å². The maximum Gasteiger partial charge on any atom is 0.338 e. The van der Waals surface area contributed by atoms with Crippen LogP contribution in [-0.4, -0.2) is 77.4 Å². The quantitative estimate of drug-likeness (QED) is 0.0743. The van der Waals surface area contributed by atoms with E-state index in [0.29, 0.717) is 11.1 Å². The molecule has 1 amide bonds. The number of pyridine rings is 1. The van der Waals surface area contributed by atoms with Crippen LogP contribution in [0.15, 0.2) is 97.2 Å². The summed E-state index contributed by atoms with van der Waals surface area (Å²) in [6.07, 6.45) is 3.01. The van der Waals surface area contributed by atoms with Crippen molar-refractivity contribution >= 4 is 51.3 Å². The molecule has 0 spiro atoms. The Bertz CT molecular complexity index is 1780. The molecule has 0 aliphatic carbocycles. The van der Waals surface area contributed by atoms with E-state index in [0.717, 1.165) is 4.90 Å². The molecule has 0 bridgehead atoms. The highest BCUT2D eigenvalue weighted by atomic mass is 35.5. The molecule has 2 fully saturated rings. The number of ether oxygens (including phenoxy) is 3. The molecule has 0 saturated carbocycles. The summed E-state index contributed by atoms with van der Waals surface area (Å²) in [5, 5.41) is -1.58. The van der Waals surface area contributed by atoms with Crippen LogP contribution in [-0.2, 0) is 38.4 Å². The molecule has 3 aromatic rings. The molecule has 0 radical (unpaired) electrons. The molecule has 2 saturated heterocycles. The van der Waals surface area contributed by atoms with Gasteiger partial charge in [-0.15, -0.1) is 11.6 Å². The number of β-lactam (4-membered cyclic amide) rings is 1. The van der Waals surface area contributed by atoms with Crippen LogP contribution in [0.2, 0.25) is 0 Å². The first kappa shape index (κ1) is 32.6. The third kappa shape index (κ3) is 5.93. The Hall–Kier alpha value is -4.81. The number of amides is 1. The van der Waals surface area contributed by atoms with Crippen molar-refractivity contribution in [3.05, 3.63) is 120 Å². The molecule has 2 aliphatic rings. The standard InChI is InChI=1S/C33H29ClN2O9S/c1-3-16-43-31(39)23-14-15-35-24(17-23)18-25-29(38)36-28(33(2,20-44-26(37)19-34)46(41,42)30(25)36)32(40)45-27(21-10-6-4-7-11-21)22-12-8-5-9-13-22/h3-15,17-18,27-28,30H,1,16,19-20H2,2H3/t28-,30+,33-/m0/s1. The summed E-state index contributed by atoms with van der Waals surface area (Å²) < 4.78 is 42.5. The fourth-order valence-corrected chi connectivity index (χ4v) is 7.79. The van der Waals surface area contributed by atoms with Crippen LogP contribution in [0, 0.1) is 0 Å². The Labute approximate surface area is 270 Å². The normalized spacial score (nSPS) is 22.1. The summed E-state index contributed by atoms with van der Waals surface area (Å²) in [4.78, 5) is 57.2. The number of carbonyl (C=O) groups is 4. The van der Waals surface area contributed by atoms with Crippen molar-refractivity contribution in [2.24, 2.45) is 0 Å². The first-order valence-corrected chi connectivity index (χ1v) is 16.2. The van der Waals surface area contributed by atoms with Crippen molar-refractivity contribution in [2.75, 3.05) is 19.1 Å². The fraction of sp³-hybridized carbons (Fsp3) is 0.242. The monoisotopic (exact) mass is 664 g/mol. The number of hydrogen-bond donors (Lipinski definition) is 0. The van der Waals surface area contributed by atoms with Crippen LogP contribution in [0.1, 0.15) is 40.2 Å². The first-order valence-electron chi connectivity index (χ1n) is 14.1. The van der Waals surface area contributed by atoms with Crippen molar-refractivity contribution < 1.29 is 41.8 Å². The molecule has 3 heterocycles. The number of esters is 3. The molecular formula is C33H29ClN2O9S. The highest BCUT2D eigenvalue weighted by Gasteiger charge is 2.73. The number of nitrogens with zero attached hydrogens (tertiary/aromatic N) is 2. The Balaban J connectivity index is 1.53. The average molecular weight is 665 g/mol. The molecule has 238 valence electrons. The summed E-state index contributed by atoms with van der Waals surface area (Å²) in [5.41, 5.74) is 1.28. The molecular weight excluding hydrogens is 636 g/mol. The lowest BCUT2D eigenvalue weighted by atomic mass is 9.93. The van der Waals surface area contributed by atoms with Gasteiger partial charge in [0.2, 0.25) is 0 Å². The maximum atomic E-state index is 14.2. The summed E-state index contributed by atoms with van der Waals surface area (Å²) in [6.45, 7) is 3.94. The average Bonchev–Trinajstić information content (AvgIpc) is 3.24. The SMILES string of the molecule is C=CCOC(=O)c1ccnc(C=C2C(=O)N3[C@@H](C(=O)OC(c4ccccc4)c4ccccc4)[C@](C)(COC(=O)CCl)S(=O)(=O)[C@H]23)c1. The second-order valence-electron chi connectivity index (χ2n) is 10.7. The molecule has 1 aromatic heterocycles. The van der Waals surface area contributed by atoms with E-state index in [1.165, 1.54) is 37.4 Å². The molecule has 3 atom stereocenters. The first-order chi connectivity index (χ1) is 22.0. The van der Waals surface area contributed by atoms with Gasteiger partial charge < -0.3 is 19.1 Å². The van der Waals surface area contributed by atoms with Gasteiger partial charge in [-0.3, -0.25) is 14.6 Å². The minimum Gasteiger partial charge on any atom is -0.463 e. The van der Waals surface area contributed by atoms with Gasteiger partial charge in [0.1, 0.15) is 23.8 Å². The van der Waals surface area contributed by atoms with E-state index in [1.54, 1.807) is 60.7 Å². The number of fused-ring (bicyclic) bond motifs is 1. The second-order valence-corrected chi connectivity index (χ2v) is 13.5. The predicted molar refractivity (Wildman–Crippen MR) is 167 cm³/mol. The van der Waals surface area contributed by atoms with E-state index in [1.807, 2.05) is 0 Å². The van der Waals surface area contributed by atoms with E-state index < -0.39 is 68.4 Å². The van der Waals surface area contributed by atoms with Gasteiger partial charge in [0, 0.05) is 6.20 Å². The lowest BCUT2D eigenvalue weighted by molar-refractivity contribution is -0.162. The van der Waals surface area contributed by atoms with Crippen LogP contribution < -0.4 is 0 Å². The Morgan fingerprint density at radius 1 is 1.04 bits per heavy atom. The van der Waals surface area contributed by atoms with Gasteiger partial charge >= 0.3 is 17.9 Å². The molecule has 13 heteroatoms. The lowest BCUT2D eigenvalue weighted by Crippen LogP contribution is -2.60. The third-order valence-electron chi connectivity index (χ3n) is 7.74. The minimum atomic E-state index is -4.45. The zero-order valence-corrected chi connectivity index (χ0v) is 26.1. The van der Waals surface area contributed by atoms with Gasteiger partial charge in [-0.1, -0.05) is 73.3 Å². The van der Waals surface area contributed by atoms with Gasteiger partial charge in [-0.25, -0.2) is 18.0 Å². The number of alkyl halides is 1. The van der Waals surface area contributed by atoms with Crippen molar-refractivity contribution in [3.63, 3.8) is 0 Å². The molecule has 46 heavy (non-hydrogen) atoms. The molecule has 2 aromatic carbocycles. The number of hydrogen-bond acceptors (Lipinski definition) is 10. The molecule has 2 aliphatic heterocycles. The predicted octanol–water partition coefficient (Wildman–Crippen LogP) is 3.65. The molecule has 0 unspecified atom stereocenters. The van der Waals surface area contributed by atoms with Crippen molar-refractivity contribution in [3.8, 4) is 0 Å². The highest BCUT2D eigenvalue weighted by molar-refractivity contribution is 7.94. The number of carbonyl (C=O) groups excluding carboxylic acids is 4. The summed E-state index contributed by atoms with van der Waals surface area (Å²) >= 11 is 5.59. The highest BCUT2D eigenvalue weighted by Crippen LogP contribution is 2.50. The largest absolute Gasteiger partial charge is 0.463 e. The zero-order valence-electron chi connectivity index (χ0n) is 24.6. The number of rotatable bonds is 11. The third-order valence-corrected chi connectivity index (χ3v) is 10.7. The van der Waals surface area contributed by atoms with E-state index in [4.69, 9.17) is 25.8 Å². The summed E-state index contributed by atoms with van der Waals surface area (Å²) in [6, 6.07) is 18.7. The van der Waals surface area contributed by atoms with Crippen molar-refractivity contribution in [1.82, 2.24) is 9.88 Å². The fourth-order valence-electron chi connectivity index (χ4n) is 5.43. The number of halogens is 1. The van der Waals surface area contributed by atoms with Crippen molar-refractivity contribution in [2.45, 2.75) is 29.2 Å². The number of sulfone groups is 1. The second kappa shape index (κ2) is 13.3.